The fourth-order valence-corrected chi connectivity index (χ4v) is 4.22. The van der Waals surface area contributed by atoms with Crippen LogP contribution in [0.15, 0.2) is 17.0 Å². The molecule has 8 heteroatoms. The van der Waals surface area contributed by atoms with Gasteiger partial charge in [-0.2, -0.15) is 4.31 Å². The van der Waals surface area contributed by atoms with E-state index in [4.69, 9.17) is 9.47 Å². The molecule has 1 aliphatic rings. The summed E-state index contributed by atoms with van der Waals surface area (Å²) in [6.45, 7) is -0.0184. The maximum Gasteiger partial charge on any atom is 0.246 e. The van der Waals surface area contributed by atoms with Crippen molar-refractivity contribution in [2.45, 2.75) is 23.8 Å². The minimum Gasteiger partial charge on any atom is -0.493 e. The highest BCUT2D eigenvalue weighted by Gasteiger charge is 2.37. The predicted molar refractivity (Wildman–Crippen MR) is 73.5 cm³/mol. The summed E-state index contributed by atoms with van der Waals surface area (Å²) in [4.78, 5) is -0.472. The number of halogens is 1. The molecule has 1 aromatic carbocycles. The minimum absolute atomic E-state index is 0.120. The second-order valence-corrected chi connectivity index (χ2v) is 6.59. The zero-order valence-corrected chi connectivity index (χ0v) is 12.7. The van der Waals surface area contributed by atoms with Gasteiger partial charge >= 0.3 is 0 Å². The van der Waals surface area contributed by atoms with Crippen LogP contribution in [0.2, 0.25) is 0 Å². The van der Waals surface area contributed by atoms with E-state index in [1.165, 1.54) is 14.2 Å². The third-order valence-corrected chi connectivity index (χ3v) is 5.53. The van der Waals surface area contributed by atoms with Gasteiger partial charge in [-0.05, 0) is 12.8 Å². The number of benzene rings is 1. The van der Waals surface area contributed by atoms with Gasteiger partial charge in [0.05, 0.1) is 20.8 Å². The molecule has 0 amide bonds. The molecule has 21 heavy (non-hydrogen) atoms. The topological polar surface area (TPSA) is 76.1 Å². The Balaban J connectivity index is 2.49. The maximum absolute atomic E-state index is 14.1. The van der Waals surface area contributed by atoms with Crippen molar-refractivity contribution in [1.29, 1.82) is 0 Å². The average molecular weight is 319 g/mol. The van der Waals surface area contributed by atoms with Crippen LogP contribution in [0.3, 0.4) is 0 Å². The lowest BCUT2D eigenvalue weighted by Gasteiger charge is -2.23. The Bertz CT molecular complexity index is 619. The Morgan fingerprint density at radius 2 is 1.95 bits per heavy atom. The molecule has 1 aliphatic heterocycles. The lowest BCUT2D eigenvalue weighted by molar-refractivity contribution is 0.213. The largest absolute Gasteiger partial charge is 0.493 e. The molecule has 2 rings (SSSR count). The number of methoxy groups -OCH3 is 2. The average Bonchev–Trinajstić information content (AvgIpc) is 2.95. The molecule has 6 nitrogen and oxygen atoms in total. The molecule has 1 N–H and O–H groups in total. The number of hydrogen-bond acceptors (Lipinski definition) is 5. The molecule has 1 atom stereocenters. The lowest BCUT2D eigenvalue weighted by Crippen LogP contribution is -2.38. The third-order valence-electron chi connectivity index (χ3n) is 3.56. The molecule has 1 fully saturated rings. The van der Waals surface area contributed by atoms with Gasteiger partial charge in [0.15, 0.2) is 11.5 Å². The standard InChI is InChI=1S/C13H18FNO5S/c1-19-11-6-10(14)13(7-12(11)20-2)21(17,18)15-5-3-4-9(15)8-16/h6-7,9,16H,3-5,8H2,1-2H3/t9-/m1/s1. The number of aliphatic hydroxyl groups is 1. The Labute approximate surface area is 123 Å². The Morgan fingerprint density at radius 1 is 1.33 bits per heavy atom. The van der Waals surface area contributed by atoms with E-state index < -0.39 is 26.8 Å². The molecule has 1 aromatic rings. The molecular weight excluding hydrogens is 301 g/mol. The van der Waals surface area contributed by atoms with Crippen LogP contribution >= 0.6 is 0 Å². The molecule has 0 saturated carbocycles. The normalized spacial score (nSPS) is 19.7. The first kappa shape index (κ1) is 16.0. The second kappa shape index (κ2) is 6.17. The first-order chi connectivity index (χ1) is 9.95. The Kier molecular flexibility index (Phi) is 4.70. The molecule has 1 heterocycles. The molecule has 0 radical (unpaired) electrons. The van der Waals surface area contributed by atoms with Crippen molar-refractivity contribution in [3.8, 4) is 11.5 Å². The van der Waals surface area contributed by atoms with E-state index in [1.54, 1.807) is 0 Å². The summed E-state index contributed by atoms with van der Waals surface area (Å²) in [7, 11) is -1.34. The zero-order valence-electron chi connectivity index (χ0n) is 11.9. The highest BCUT2D eigenvalue weighted by Crippen LogP contribution is 2.34. The first-order valence-electron chi connectivity index (χ1n) is 6.50. The first-order valence-corrected chi connectivity index (χ1v) is 7.94. The molecule has 0 unspecified atom stereocenters. The predicted octanol–water partition coefficient (Wildman–Crippen LogP) is 0.988. The molecular formula is C13H18FNO5S. The van der Waals surface area contributed by atoms with E-state index in [-0.39, 0.29) is 24.7 Å². The SMILES string of the molecule is COc1cc(F)c(S(=O)(=O)N2CCC[C@@H]2CO)cc1OC. The Morgan fingerprint density at radius 3 is 2.52 bits per heavy atom. The highest BCUT2D eigenvalue weighted by atomic mass is 32.2. The van der Waals surface area contributed by atoms with E-state index in [0.717, 1.165) is 16.4 Å². The number of ether oxygens (including phenoxy) is 2. The van der Waals surface area contributed by atoms with Gasteiger partial charge in [-0.1, -0.05) is 0 Å². The van der Waals surface area contributed by atoms with Gasteiger partial charge < -0.3 is 14.6 Å². The summed E-state index contributed by atoms with van der Waals surface area (Å²) in [6, 6.07) is 1.58. The summed E-state index contributed by atoms with van der Waals surface area (Å²) in [6.07, 6.45) is 1.20. The third kappa shape index (κ3) is 2.83. The number of hydrogen-bond donors (Lipinski definition) is 1. The fourth-order valence-electron chi connectivity index (χ4n) is 2.47. The van der Waals surface area contributed by atoms with Crippen LogP contribution in [-0.4, -0.2) is 51.2 Å². The van der Waals surface area contributed by atoms with Gasteiger partial charge in [-0.3, -0.25) is 0 Å². The van der Waals surface area contributed by atoms with Gasteiger partial charge in [-0.25, -0.2) is 12.8 Å². The van der Waals surface area contributed by atoms with Crippen molar-refractivity contribution in [2.75, 3.05) is 27.4 Å². The van der Waals surface area contributed by atoms with Crippen LogP contribution in [0, 0.1) is 5.82 Å². The number of nitrogens with zero attached hydrogens (tertiary/aromatic N) is 1. The quantitative estimate of drug-likeness (QED) is 0.876. The number of sulfonamides is 1. The van der Waals surface area contributed by atoms with Gasteiger partial charge in [0, 0.05) is 24.7 Å². The minimum atomic E-state index is -4.03. The van der Waals surface area contributed by atoms with E-state index >= 15 is 0 Å². The molecule has 118 valence electrons. The fraction of sp³-hybridized carbons (Fsp3) is 0.538. The molecule has 0 spiro atoms. The second-order valence-electron chi connectivity index (χ2n) is 4.73. The van der Waals surface area contributed by atoms with Crippen LogP contribution in [0.25, 0.3) is 0 Å². The molecule has 0 aromatic heterocycles. The van der Waals surface area contributed by atoms with Crippen molar-refractivity contribution in [1.82, 2.24) is 4.31 Å². The molecule has 0 bridgehead atoms. The number of aliphatic hydroxyl groups excluding tert-OH is 1. The van der Waals surface area contributed by atoms with Crippen LogP contribution in [0.4, 0.5) is 4.39 Å². The van der Waals surface area contributed by atoms with Gasteiger partial charge in [0.2, 0.25) is 10.0 Å². The van der Waals surface area contributed by atoms with Crippen LogP contribution in [-0.2, 0) is 10.0 Å². The number of rotatable bonds is 5. The summed E-state index contributed by atoms with van der Waals surface area (Å²) < 4.78 is 50.4. The summed E-state index contributed by atoms with van der Waals surface area (Å²) >= 11 is 0. The van der Waals surface area contributed by atoms with Crippen molar-refractivity contribution in [3.63, 3.8) is 0 Å². The van der Waals surface area contributed by atoms with Crippen molar-refractivity contribution < 1.29 is 27.4 Å². The summed E-state index contributed by atoms with van der Waals surface area (Å²) in [5.41, 5.74) is 0. The maximum atomic E-state index is 14.1. The van der Waals surface area contributed by atoms with Crippen LogP contribution in [0.5, 0.6) is 11.5 Å². The molecule has 1 saturated heterocycles. The smallest absolute Gasteiger partial charge is 0.246 e. The van der Waals surface area contributed by atoms with E-state index in [0.29, 0.717) is 12.8 Å². The summed E-state index contributed by atoms with van der Waals surface area (Å²) in [5, 5.41) is 9.25. The monoisotopic (exact) mass is 319 g/mol. The van der Waals surface area contributed by atoms with E-state index in [1.807, 2.05) is 0 Å². The van der Waals surface area contributed by atoms with Crippen LogP contribution in [0.1, 0.15) is 12.8 Å². The highest BCUT2D eigenvalue weighted by molar-refractivity contribution is 7.89. The Hall–Kier alpha value is -1.38. The lowest BCUT2D eigenvalue weighted by atomic mass is 10.2. The van der Waals surface area contributed by atoms with Crippen molar-refractivity contribution in [3.05, 3.63) is 17.9 Å². The molecule has 0 aliphatic carbocycles. The van der Waals surface area contributed by atoms with Crippen LogP contribution < -0.4 is 9.47 Å². The van der Waals surface area contributed by atoms with Gasteiger partial charge in [0.1, 0.15) is 10.7 Å². The summed E-state index contributed by atoms with van der Waals surface area (Å²) in [5.74, 6) is -0.650. The van der Waals surface area contributed by atoms with Gasteiger partial charge in [0.25, 0.3) is 0 Å². The van der Waals surface area contributed by atoms with Crippen molar-refractivity contribution >= 4 is 10.0 Å². The van der Waals surface area contributed by atoms with E-state index in [9.17, 15) is 17.9 Å². The zero-order chi connectivity index (χ0) is 15.6. The van der Waals surface area contributed by atoms with Gasteiger partial charge in [-0.15, -0.1) is 0 Å². The van der Waals surface area contributed by atoms with E-state index in [2.05, 4.69) is 0 Å². The van der Waals surface area contributed by atoms with Crippen molar-refractivity contribution in [2.24, 2.45) is 0 Å².